The van der Waals surface area contributed by atoms with Crippen LogP contribution in [0.1, 0.15) is 24.1 Å². The highest BCUT2D eigenvalue weighted by atomic mass is 79.9. The highest BCUT2D eigenvalue weighted by Gasteiger charge is 2.14. The molecule has 0 aliphatic carbocycles. The molecule has 0 radical (unpaired) electrons. The molecule has 1 unspecified atom stereocenters. The average molecular weight is 407 g/mol. The summed E-state index contributed by atoms with van der Waals surface area (Å²) >= 11 is 8.60. The Labute approximate surface area is 133 Å². The third kappa shape index (κ3) is 4.12. The van der Waals surface area contributed by atoms with E-state index in [1.165, 1.54) is 17.7 Å². The lowest BCUT2D eigenvalue weighted by Gasteiger charge is -2.17. The van der Waals surface area contributed by atoms with E-state index in [0.717, 1.165) is 26.8 Å². The highest BCUT2D eigenvalue weighted by molar-refractivity contribution is 9.11. The van der Waals surface area contributed by atoms with Crippen molar-refractivity contribution < 1.29 is 4.39 Å². The first-order chi connectivity index (χ1) is 9.10. The van der Waals surface area contributed by atoms with Gasteiger partial charge in [-0.15, -0.1) is 11.3 Å². The van der Waals surface area contributed by atoms with E-state index in [9.17, 15) is 4.39 Å². The predicted molar refractivity (Wildman–Crippen MR) is 86.2 cm³/mol. The van der Waals surface area contributed by atoms with Crippen molar-refractivity contribution in [3.8, 4) is 0 Å². The quantitative estimate of drug-likeness (QED) is 0.709. The van der Waals surface area contributed by atoms with Crippen molar-refractivity contribution in [3.05, 3.63) is 54.8 Å². The van der Waals surface area contributed by atoms with Crippen LogP contribution in [0.25, 0.3) is 0 Å². The Morgan fingerprint density at radius 2 is 2.11 bits per heavy atom. The van der Waals surface area contributed by atoms with Gasteiger partial charge in [0.25, 0.3) is 0 Å². The van der Waals surface area contributed by atoms with Crippen molar-refractivity contribution in [1.82, 2.24) is 5.32 Å². The van der Waals surface area contributed by atoms with Crippen LogP contribution in [-0.2, 0) is 6.42 Å². The first-order valence-electron chi connectivity index (χ1n) is 6.01. The summed E-state index contributed by atoms with van der Waals surface area (Å²) in [7, 11) is 0. The van der Waals surface area contributed by atoms with Crippen molar-refractivity contribution in [2.75, 3.05) is 6.54 Å². The molecule has 0 saturated heterocycles. The van der Waals surface area contributed by atoms with E-state index in [-0.39, 0.29) is 11.9 Å². The summed E-state index contributed by atoms with van der Waals surface area (Å²) in [4.78, 5) is 0. The van der Waals surface area contributed by atoms with Gasteiger partial charge in [0.1, 0.15) is 5.82 Å². The number of hydrogen-bond donors (Lipinski definition) is 1. The SMILES string of the molecule is CCNC(Cc1ccc(F)cc1Br)c1csc(Br)c1. The van der Waals surface area contributed by atoms with E-state index in [1.54, 1.807) is 11.3 Å². The van der Waals surface area contributed by atoms with Crippen LogP contribution in [-0.4, -0.2) is 6.54 Å². The lowest BCUT2D eigenvalue weighted by atomic mass is 10.0. The van der Waals surface area contributed by atoms with Crippen LogP contribution in [0.15, 0.2) is 37.9 Å². The number of likely N-dealkylation sites (N-methyl/N-ethyl adjacent to an activating group) is 1. The smallest absolute Gasteiger partial charge is 0.124 e. The lowest BCUT2D eigenvalue weighted by molar-refractivity contribution is 0.549. The van der Waals surface area contributed by atoms with Crippen molar-refractivity contribution in [2.45, 2.75) is 19.4 Å². The van der Waals surface area contributed by atoms with Crippen LogP contribution in [0.3, 0.4) is 0 Å². The van der Waals surface area contributed by atoms with E-state index in [0.29, 0.717) is 0 Å². The van der Waals surface area contributed by atoms with Gasteiger partial charge in [0.2, 0.25) is 0 Å². The van der Waals surface area contributed by atoms with Crippen LogP contribution >= 0.6 is 43.2 Å². The second-order valence-electron chi connectivity index (χ2n) is 4.23. The molecule has 0 bridgehead atoms. The molecule has 0 aliphatic rings. The highest BCUT2D eigenvalue weighted by Crippen LogP contribution is 2.29. The van der Waals surface area contributed by atoms with Gasteiger partial charge in [-0.3, -0.25) is 0 Å². The Balaban J connectivity index is 2.21. The Kier molecular flexibility index (Phi) is 5.57. The fourth-order valence-electron chi connectivity index (χ4n) is 1.97. The first-order valence-corrected chi connectivity index (χ1v) is 8.48. The van der Waals surface area contributed by atoms with Crippen LogP contribution in [0.4, 0.5) is 4.39 Å². The summed E-state index contributed by atoms with van der Waals surface area (Å²) in [5.41, 5.74) is 2.37. The van der Waals surface area contributed by atoms with Gasteiger partial charge in [-0.1, -0.05) is 28.9 Å². The molecule has 2 rings (SSSR count). The fourth-order valence-corrected chi connectivity index (χ4v) is 3.71. The van der Waals surface area contributed by atoms with Crippen LogP contribution in [0, 0.1) is 5.82 Å². The van der Waals surface area contributed by atoms with Crippen molar-refractivity contribution in [3.63, 3.8) is 0 Å². The predicted octanol–water partition coefficient (Wildman–Crippen LogP) is 5.31. The molecule has 0 amide bonds. The zero-order chi connectivity index (χ0) is 13.8. The van der Waals surface area contributed by atoms with E-state index in [4.69, 9.17) is 0 Å². The van der Waals surface area contributed by atoms with E-state index in [1.807, 2.05) is 6.07 Å². The maximum Gasteiger partial charge on any atom is 0.124 e. The minimum absolute atomic E-state index is 0.214. The van der Waals surface area contributed by atoms with Gasteiger partial charge in [0, 0.05) is 10.5 Å². The molecule has 1 aromatic heterocycles. The van der Waals surface area contributed by atoms with Gasteiger partial charge in [-0.05, 0) is 63.6 Å². The number of thiophene rings is 1. The molecule has 0 aliphatic heterocycles. The van der Waals surface area contributed by atoms with Gasteiger partial charge in [0.05, 0.1) is 3.79 Å². The molecule has 1 nitrogen and oxygen atoms in total. The molecule has 1 atom stereocenters. The monoisotopic (exact) mass is 405 g/mol. The molecular formula is C14H14Br2FNS. The number of hydrogen-bond acceptors (Lipinski definition) is 2. The molecule has 0 saturated carbocycles. The Morgan fingerprint density at radius 1 is 1.32 bits per heavy atom. The minimum Gasteiger partial charge on any atom is -0.310 e. The Bertz CT molecular complexity index is 556. The van der Waals surface area contributed by atoms with Crippen molar-refractivity contribution in [2.24, 2.45) is 0 Å². The van der Waals surface area contributed by atoms with Gasteiger partial charge in [-0.2, -0.15) is 0 Å². The average Bonchev–Trinajstić information content (AvgIpc) is 2.78. The van der Waals surface area contributed by atoms with Crippen LogP contribution in [0.2, 0.25) is 0 Å². The first kappa shape index (κ1) is 15.2. The second-order valence-corrected chi connectivity index (χ2v) is 7.38. The molecular weight excluding hydrogens is 393 g/mol. The summed E-state index contributed by atoms with van der Waals surface area (Å²) in [6.45, 7) is 2.99. The minimum atomic E-state index is -0.214. The molecule has 0 spiro atoms. The summed E-state index contributed by atoms with van der Waals surface area (Å²) in [6, 6.07) is 7.24. The molecule has 102 valence electrons. The maximum atomic E-state index is 13.1. The van der Waals surface area contributed by atoms with E-state index >= 15 is 0 Å². The van der Waals surface area contributed by atoms with Gasteiger partial charge >= 0.3 is 0 Å². The van der Waals surface area contributed by atoms with Gasteiger partial charge < -0.3 is 5.32 Å². The Morgan fingerprint density at radius 3 is 2.68 bits per heavy atom. The fraction of sp³-hybridized carbons (Fsp3) is 0.286. The summed E-state index contributed by atoms with van der Waals surface area (Å²) in [6.07, 6.45) is 0.831. The van der Waals surface area contributed by atoms with Gasteiger partial charge in [-0.25, -0.2) is 4.39 Å². The maximum absolute atomic E-state index is 13.1. The zero-order valence-electron chi connectivity index (χ0n) is 10.4. The number of rotatable bonds is 5. The number of halogens is 3. The molecule has 1 aromatic carbocycles. The van der Waals surface area contributed by atoms with Crippen LogP contribution in [0.5, 0.6) is 0 Å². The van der Waals surface area contributed by atoms with Crippen molar-refractivity contribution in [1.29, 1.82) is 0 Å². The largest absolute Gasteiger partial charge is 0.310 e. The third-order valence-corrected chi connectivity index (χ3v) is 5.14. The van der Waals surface area contributed by atoms with E-state index < -0.39 is 0 Å². The normalized spacial score (nSPS) is 12.6. The zero-order valence-corrected chi connectivity index (χ0v) is 14.4. The number of nitrogens with one attached hydrogen (secondary N) is 1. The third-order valence-electron chi connectivity index (χ3n) is 2.88. The van der Waals surface area contributed by atoms with Crippen molar-refractivity contribution >= 4 is 43.2 Å². The molecule has 2 aromatic rings. The molecule has 1 heterocycles. The number of benzene rings is 1. The molecule has 5 heteroatoms. The summed E-state index contributed by atoms with van der Waals surface area (Å²) < 4.78 is 15.1. The van der Waals surface area contributed by atoms with E-state index in [2.05, 4.69) is 55.5 Å². The van der Waals surface area contributed by atoms with Gasteiger partial charge in [0.15, 0.2) is 0 Å². The topological polar surface area (TPSA) is 12.0 Å². The molecule has 1 N–H and O–H groups in total. The lowest BCUT2D eigenvalue weighted by Crippen LogP contribution is -2.22. The summed E-state index contributed by atoms with van der Waals surface area (Å²) in [5, 5.41) is 5.62. The summed E-state index contributed by atoms with van der Waals surface area (Å²) in [5.74, 6) is -0.214. The van der Waals surface area contributed by atoms with Crippen LogP contribution < -0.4 is 5.32 Å². The molecule has 0 fully saturated rings. The molecule has 19 heavy (non-hydrogen) atoms. The standard InChI is InChI=1S/C14H14Br2FNS/c1-2-18-13(10-6-14(16)19-8-10)5-9-3-4-11(17)7-12(9)15/h3-4,6-8,13,18H,2,5H2,1H3. The Hall–Kier alpha value is -0.230. The second kappa shape index (κ2) is 6.97.